The maximum Gasteiger partial charge on any atom is 0.224 e. The Kier molecular flexibility index (Phi) is 8.73. The van der Waals surface area contributed by atoms with E-state index in [-0.39, 0.29) is 19.0 Å². The molecule has 4 rings (SSSR count). The minimum Gasteiger partial charge on any atom is -0.454 e. The summed E-state index contributed by atoms with van der Waals surface area (Å²) in [5, 5.41) is 37.2. The highest BCUT2D eigenvalue weighted by Gasteiger charge is 2.41. The number of rotatable bonds is 5. The van der Waals surface area contributed by atoms with Crippen LogP contribution in [0.15, 0.2) is 16.5 Å². The van der Waals surface area contributed by atoms with Gasteiger partial charge in [-0.1, -0.05) is 0 Å². The lowest BCUT2D eigenvalue weighted by Crippen LogP contribution is -2.35. The summed E-state index contributed by atoms with van der Waals surface area (Å²) in [7, 11) is 1.73. The standard InChI is InChI=1S/C21H27N5O4.CH2O.ClH/c1-9-5-12-7-15(30-19(12)11(3)23-9)16-10(2)24-21(22-4)26-20(16)25-14-6-13(8-27)17(28)18(14)29;1-2;/h5,7,13-14,17-18,27-29H,6,8H2,1-4H3,(H2,22,24,25,26);1H2;1H/t13-,14-,17-,18+;;/m1../s1. The van der Waals surface area contributed by atoms with Gasteiger partial charge in [0.1, 0.15) is 24.5 Å². The molecule has 0 aromatic carbocycles. The van der Waals surface area contributed by atoms with E-state index in [0.29, 0.717) is 40.8 Å². The molecule has 1 fully saturated rings. The molecular formula is C22H30ClN5O5. The Morgan fingerprint density at radius 2 is 1.79 bits per heavy atom. The van der Waals surface area contributed by atoms with Crippen LogP contribution in [0.1, 0.15) is 23.5 Å². The van der Waals surface area contributed by atoms with Gasteiger partial charge in [-0.05, 0) is 39.3 Å². The SMILES string of the molecule is C=O.CNc1nc(C)c(-c2cc3cc(C)nc(C)c3o2)c(N[C@@H]2C[C@H](CO)[C@@H](O)[C@H]2O)n1.Cl. The molecule has 33 heavy (non-hydrogen) atoms. The number of aromatic nitrogens is 3. The zero-order valence-electron chi connectivity index (χ0n) is 19.0. The minimum atomic E-state index is -1.02. The number of anilines is 2. The van der Waals surface area contributed by atoms with Gasteiger partial charge >= 0.3 is 0 Å². The average Bonchev–Trinajstić information content (AvgIpc) is 3.31. The van der Waals surface area contributed by atoms with E-state index in [4.69, 9.17) is 9.21 Å². The van der Waals surface area contributed by atoms with Gasteiger partial charge in [0.2, 0.25) is 5.95 Å². The van der Waals surface area contributed by atoms with Crippen LogP contribution < -0.4 is 10.6 Å². The van der Waals surface area contributed by atoms with Gasteiger partial charge in [-0.2, -0.15) is 4.98 Å². The first-order valence-corrected chi connectivity index (χ1v) is 10.3. The first-order valence-electron chi connectivity index (χ1n) is 10.3. The second kappa shape index (κ2) is 10.9. The second-order valence-corrected chi connectivity index (χ2v) is 7.89. The molecule has 5 N–H and O–H groups in total. The number of aryl methyl sites for hydroxylation is 3. The highest BCUT2D eigenvalue weighted by Crippen LogP contribution is 2.37. The number of halogens is 1. The van der Waals surface area contributed by atoms with E-state index in [0.717, 1.165) is 16.8 Å². The lowest BCUT2D eigenvalue weighted by molar-refractivity contribution is -0.0980. The molecule has 3 aromatic rings. The van der Waals surface area contributed by atoms with Crippen molar-refractivity contribution in [3.63, 3.8) is 0 Å². The molecule has 0 aliphatic heterocycles. The van der Waals surface area contributed by atoms with Crippen LogP contribution in [0.25, 0.3) is 22.3 Å². The number of carbonyl (C=O) groups is 1. The molecule has 3 aromatic heterocycles. The van der Waals surface area contributed by atoms with E-state index < -0.39 is 24.2 Å². The molecule has 1 saturated carbocycles. The molecule has 180 valence electrons. The molecular weight excluding hydrogens is 450 g/mol. The van der Waals surface area contributed by atoms with Crippen molar-refractivity contribution in [3.8, 4) is 11.3 Å². The lowest BCUT2D eigenvalue weighted by atomic mass is 10.1. The molecule has 1 aliphatic carbocycles. The minimum absolute atomic E-state index is 0. The van der Waals surface area contributed by atoms with Gasteiger partial charge in [0.15, 0.2) is 5.58 Å². The quantitative estimate of drug-likeness (QED) is 0.367. The van der Waals surface area contributed by atoms with Crippen LogP contribution in [0.5, 0.6) is 0 Å². The van der Waals surface area contributed by atoms with Crippen molar-refractivity contribution >= 4 is 41.9 Å². The monoisotopic (exact) mass is 479 g/mol. The van der Waals surface area contributed by atoms with E-state index in [2.05, 4.69) is 25.6 Å². The number of fused-ring (bicyclic) bond motifs is 1. The number of carbonyl (C=O) groups excluding carboxylic acids is 1. The van der Waals surface area contributed by atoms with Crippen molar-refractivity contribution in [3.05, 3.63) is 29.2 Å². The summed E-state index contributed by atoms with van der Waals surface area (Å²) in [5.41, 5.74) is 3.79. The van der Waals surface area contributed by atoms with E-state index in [1.54, 1.807) is 7.05 Å². The Labute approximate surface area is 197 Å². The number of hydrogen-bond acceptors (Lipinski definition) is 10. The van der Waals surface area contributed by atoms with Crippen LogP contribution in [-0.4, -0.2) is 69.0 Å². The van der Waals surface area contributed by atoms with Gasteiger partial charge in [0, 0.05) is 30.7 Å². The highest BCUT2D eigenvalue weighted by molar-refractivity contribution is 5.87. The number of nitrogens with one attached hydrogen (secondary N) is 2. The van der Waals surface area contributed by atoms with Crippen LogP contribution in [0.2, 0.25) is 0 Å². The Hall–Kier alpha value is -2.79. The van der Waals surface area contributed by atoms with Gasteiger partial charge in [0.25, 0.3) is 0 Å². The third-order valence-electron chi connectivity index (χ3n) is 5.72. The van der Waals surface area contributed by atoms with Crippen molar-refractivity contribution in [2.24, 2.45) is 5.92 Å². The van der Waals surface area contributed by atoms with E-state index in [1.807, 2.05) is 39.7 Å². The van der Waals surface area contributed by atoms with Gasteiger partial charge < -0.3 is 35.2 Å². The Morgan fingerprint density at radius 1 is 1.09 bits per heavy atom. The molecule has 11 heteroatoms. The first-order chi connectivity index (χ1) is 15.3. The van der Waals surface area contributed by atoms with E-state index in [9.17, 15) is 15.3 Å². The summed E-state index contributed by atoms with van der Waals surface area (Å²) in [6, 6.07) is 3.43. The van der Waals surface area contributed by atoms with Gasteiger partial charge in [-0.15, -0.1) is 12.4 Å². The van der Waals surface area contributed by atoms with Crippen molar-refractivity contribution in [1.82, 2.24) is 15.0 Å². The number of aliphatic hydroxyl groups excluding tert-OH is 3. The van der Waals surface area contributed by atoms with Crippen LogP contribution in [0, 0.1) is 26.7 Å². The number of nitrogens with zero attached hydrogens (tertiary/aromatic N) is 3. The maximum absolute atomic E-state index is 10.4. The van der Waals surface area contributed by atoms with Crippen LogP contribution in [0.3, 0.4) is 0 Å². The molecule has 0 radical (unpaired) electrons. The van der Waals surface area contributed by atoms with E-state index in [1.165, 1.54) is 0 Å². The van der Waals surface area contributed by atoms with Crippen molar-refractivity contribution in [2.45, 2.75) is 45.4 Å². The Balaban J connectivity index is 0.00000125. The molecule has 0 spiro atoms. The first kappa shape index (κ1) is 26.5. The summed E-state index contributed by atoms with van der Waals surface area (Å²) in [5.74, 6) is 1.11. The van der Waals surface area contributed by atoms with Gasteiger partial charge in [-0.3, -0.25) is 4.98 Å². The molecule has 1 aliphatic rings. The summed E-state index contributed by atoms with van der Waals surface area (Å²) >= 11 is 0. The predicted molar refractivity (Wildman–Crippen MR) is 128 cm³/mol. The van der Waals surface area contributed by atoms with Crippen molar-refractivity contribution < 1.29 is 24.5 Å². The normalized spacial score (nSPS) is 21.8. The molecule has 10 nitrogen and oxygen atoms in total. The number of furan rings is 1. The van der Waals surface area contributed by atoms with Crippen LogP contribution >= 0.6 is 12.4 Å². The van der Waals surface area contributed by atoms with Crippen molar-refractivity contribution in [2.75, 3.05) is 24.3 Å². The molecule has 4 atom stereocenters. The zero-order chi connectivity index (χ0) is 23.6. The maximum atomic E-state index is 10.4. The third-order valence-corrected chi connectivity index (χ3v) is 5.72. The molecule has 0 saturated heterocycles. The molecule has 3 heterocycles. The van der Waals surface area contributed by atoms with Crippen LogP contribution in [0.4, 0.5) is 11.8 Å². The lowest BCUT2D eigenvalue weighted by Gasteiger charge is -2.21. The highest BCUT2D eigenvalue weighted by atomic mass is 35.5. The fourth-order valence-electron chi connectivity index (χ4n) is 4.20. The molecule has 0 amide bonds. The fourth-order valence-corrected chi connectivity index (χ4v) is 4.20. The third kappa shape index (κ3) is 5.09. The number of pyridine rings is 1. The Morgan fingerprint density at radius 3 is 2.39 bits per heavy atom. The second-order valence-electron chi connectivity index (χ2n) is 7.89. The van der Waals surface area contributed by atoms with Gasteiger partial charge in [-0.25, -0.2) is 4.98 Å². The summed E-state index contributed by atoms with van der Waals surface area (Å²) in [4.78, 5) is 21.5. The number of hydrogen-bond donors (Lipinski definition) is 5. The largest absolute Gasteiger partial charge is 0.454 e. The van der Waals surface area contributed by atoms with Gasteiger partial charge in [0.05, 0.1) is 29.1 Å². The average molecular weight is 480 g/mol. The zero-order valence-corrected chi connectivity index (χ0v) is 19.8. The fraction of sp³-hybridized carbons (Fsp3) is 0.455. The number of aliphatic hydroxyl groups is 3. The molecule has 0 bridgehead atoms. The van der Waals surface area contributed by atoms with E-state index >= 15 is 0 Å². The topological polar surface area (TPSA) is 154 Å². The predicted octanol–water partition coefficient (Wildman–Crippen LogP) is 2.00. The Bertz CT molecular complexity index is 1110. The summed E-state index contributed by atoms with van der Waals surface area (Å²) in [6.07, 6.45) is -1.60. The molecule has 0 unspecified atom stereocenters. The van der Waals surface area contributed by atoms with Crippen molar-refractivity contribution in [1.29, 1.82) is 0 Å². The van der Waals surface area contributed by atoms with Crippen LogP contribution in [-0.2, 0) is 4.79 Å². The smallest absolute Gasteiger partial charge is 0.224 e. The summed E-state index contributed by atoms with van der Waals surface area (Å²) < 4.78 is 6.13. The summed E-state index contributed by atoms with van der Waals surface area (Å²) in [6.45, 7) is 7.51.